The maximum absolute atomic E-state index is 3.39. The van der Waals surface area contributed by atoms with E-state index in [1.807, 2.05) is 13.8 Å². The molecule has 2 saturated heterocycles. The van der Waals surface area contributed by atoms with Gasteiger partial charge in [0, 0.05) is 39.3 Å². The Morgan fingerprint density at radius 1 is 0.778 bits per heavy atom. The van der Waals surface area contributed by atoms with Gasteiger partial charge in [-0.05, 0) is 25.9 Å². The Balaban J connectivity index is 0.000000509. The molecule has 0 saturated carbocycles. The minimum atomic E-state index is 1.18. The normalized spacial score (nSPS) is 20.7. The van der Waals surface area contributed by atoms with E-state index in [-0.39, 0.29) is 0 Å². The fourth-order valence-corrected chi connectivity index (χ4v) is 2.22. The molecule has 0 radical (unpaired) electrons. The highest BCUT2D eigenvalue weighted by Gasteiger charge is 2.14. The summed E-state index contributed by atoms with van der Waals surface area (Å²) in [5.41, 5.74) is 0. The van der Waals surface area contributed by atoms with E-state index in [0.717, 1.165) is 0 Å². The van der Waals surface area contributed by atoms with Crippen molar-refractivity contribution in [3.05, 3.63) is 0 Å². The Bertz CT molecular complexity index is 150. The molecule has 18 heavy (non-hydrogen) atoms. The van der Waals surface area contributed by atoms with Gasteiger partial charge in [-0.15, -0.1) is 0 Å². The Hall–Kier alpha value is -0.120. The first-order chi connectivity index (χ1) is 8.86. The van der Waals surface area contributed by atoms with Crippen LogP contribution in [-0.2, 0) is 0 Å². The molecule has 0 atom stereocenters. The molecule has 3 nitrogen and oxygen atoms in total. The number of nitrogens with one attached hydrogen (secondary N) is 1. The van der Waals surface area contributed by atoms with E-state index < -0.39 is 0 Å². The summed E-state index contributed by atoms with van der Waals surface area (Å²) in [6, 6.07) is 0. The fourth-order valence-electron chi connectivity index (χ4n) is 2.22. The van der Waals surface area contributed by atoms with Crippen LogP contribution in [0, 0.1) is 0 Å². The van der Waals surface area contributed by atoms with Crippen molar-refractivity contribution in [2.75, 3.05) is 52.4 Å². The second kappa shape index (κ2) is 13.3. The number of hydrogen-bond acceptors (Lipinski definition) is 3. The van der Waals surface area contributed by atoms with Crippen molar-refractivity contribution in [3.63, 3.8) is 0 Å². The third-order valence-corrected chi connectivity index (χ3v) is 3.14. The second-order valence-corrected chi connectivity index (χ2v) is 4.85. The van der Waals surface area contributed by atoms with Gasteiger partial charge in [-0.2, -0.15) is 0 Å². The molecular weight excluding hydrogens is 222 g/mol. The lowest BCUT2D eigenvalue weighted by Gasteiger charge is -2.28. The lowest BCUT2D eigenvalue weighted by atomic mass is 10.3. The number of likely N-dealkylation sites (tertiary alicyclic amines) is 1. The molecule has 2 fully saturated rings. The molecule has 1 N–H and O–H groups in total. The molecule has 2 aliphatic heterocycles. The van der Waals surface area contributed by atoms with E-state index in [1.165, 1.54) is 71.6 Å². The van der Waals surface area contributed by atoms with Gasteiger partial charge in [-0.3, -0.25) is 4.90 Å². The zero-order valence-electron chi connectivity index (χ0n) is 13.2. The molecule has 0 spiro atoms. The summed E-state index contributed by atoms with van der Waals surface area (Å²) in [6.45, 7) is 18.3. The second-order valence-electron chi connectivity index (χ2n) is 4.85. The summed E-state index contributed by atoms with van der Waals surface area (Å²) >= 11 is 0. The number of hydrogen-bond donors (Lipinski definition) is 1. The van der Waals surface area contributed by atoms with Crippen LogP contribution in [0.4, 0.5) is 0 Å². The zero-order valence-corrected chi connectivity index (χ0v) is 13.2. The van der Waals surface area contributed by atoms with E-state index >= 15 is 0 Å². The summed E-state index contributed by atoms with van der Waals surface area (Å²) in [4.78, 5) is 5.18. The highest BCUT2D eigenvalue weighted by atomic mass is 15.2. The van der Waals surface area contributed by atoms with Gasteiger partial charge in [0.05, 0.1) is 0 Å². The summed E-state index contributed by atoms with van der Waals surface area (Å²) in [7, 11) is 0. The van der Waals surface area contributed by atoms with Crippen LogP contribution in [0.1, 0.15) is 47.0 Å². The van der Waals surface area contributed by atoms with Gasteiger partial charge in [0.25, 0.3) is 0 Å². The summed E-state index contributed by atoms with van der Waals surface area (Å²) in [6.07, 6.45) is 4.09. The fraction of sp³-hybridized carbons (Fsp3) is 1.00. The average molecular weight is 257 g/mol. The average Bonchev–Trinajstić information content (AvgIpc) is 2.94. The van der Waals surface area contributed by atoms with Gasteiger partial charge < -0.3 is 10.2 Å². The van der Waals surface area contributed by atoms with E-state index in [4.69, 9.17) is 0 Å². The third-order valence-electron chi connectivity index (χ3n) is 3.14. The number of rotatable bonds is 3. The van der Waals surface area contributed by atoms with Gasteiger partial charge in [0.15, 0.2) is 0 Å². The third kappa shape index (κ3) is 8.90. The first-order valence-electron chi connectivity index (χ1n) is 8.02. The topological polar surface area (TPSA) is 18.5 Å². The smallest absolute Gasteiger partial charge is 0.0110 e. The number of nitrogens with zero attached hydrogens (tertiary/aromatic N) is 2. The van der Waals surface area contributed by atoms with Crippen LogP contribution in [0.15, 0.2) is 0 Å². The van der Waals surface area contributed by atoms with Crippen LogP contribution in [-0.4, -0.2) is 62.2 Å². The molecule has 2 aliphatic rings. The van der Waals surface area contributed by atoms with Crippen molar-refractivity contribution in [1.29, 1.82) is 0 Å². The monoisotopic (exact) mass is 257 g/mol. The molecular formula is C15H35N3. The molecule has 110 valence electrons. The largest absolute Gasteiger partial charge is 0.314 e. The molecule has 2 rings (SSSR count). The lowest BCUT2D eigenvalue weighted by Crippen LogP contribution is -2.46. The molecule has 0 amide bonds. The predicted molar refractivity (Wildman–Crippen MR) is 82.3 cm³/mol. The van der Waals surface area contributed by atoms with Crippen LogP contribution >= 0.6 is 0 Å². The minimum Gasteiger partial charge on any atom is -0.314 e. The molecule has 0 aromatic carbocycles. The predicted octanol–water partition coefficient (Wildman–Crippen LogP) is 2.43. The minimum absolute atomic E-state index is 1.18. The van der Waals surface area contributed by atoms with Crippen molar-refractivity contribution < 1.29 is 0 Å². The van der Waals surface area contributed by atoms with Crippen LogP contribution in [0.2, 0.25) is 0 Å². The van der Waals surface area contributed by atoms with E-state index in [9.17, 15) is 0 Å². The van der Waals surface area contributed by atoms with Crippen molar-refractivity contribution in [2.24, 2.45) is 0 Å². The van der Waals surface area contributed by atoms with Crippen molar-refractivity contribution in [1.82, 2.24) is 15.1 Å². The van der Waals surface area contributed by atoms with Gasteiger partial charge >= 0.3 is 0 Å². The molecule has 2 heterocycles. The van der Waals surface area contributed by atoms with Crippen LogP contribution in [0.5, 0.6) is 0 Å². The SMILES string of the molecule is C1CCN(CCN2CCNCC2)C1.CC.CCC. The summed E-state index contributed by atoms with van der Waals surface area (Å²) in [5, 5.41) is 3.39. The quantitative estimate of drug-likeness (QED) is 0.838. The van der Waals surface area contributed by atoms with Crippen molar-refractivity contribution in [3.8, 4) is 0 Å². The maximum Gasteiger partial charge on any atom is 0.0110 e. The molecule has 0 aromatic heterocycles. The Kier molecular flexibility index (Phi) is 13.2. The Morgan fingerprint density at radius 2 is 1.17 bits per heavy atom. The lowest BCUT2D eigenvalue weighted by molar-refractivity contribution is 0.205. The van der Waals surface area contributed by atoms with Crippen LogP contribution in [0.3, 0.4) is 0 Å². The highest BCUT2D eigenvalue weighted by Crippen LogP contribution is 2.06. The van der Waals surface area contributed by atoms with Gasteiger partial charge in [0.1, 0.15) is 0 Å². The molecule has 3 heteroatoms. The van der Waals surface area contributed by atoms with E-state index in [0.29, 0.717) is 0 Å². The molecule has 0 unspecified atom stereocenters. The molecule has 0 bridgehead atoms. The molecule has 0 aliphatic carbocycles. The standard InChI is InChI=1S/C10H21N3.C3H8.C2H6/c1-2-6-12(5-1)9-10-13-7-3-11-4-8-13;1-3-2;1-2/h11H,1-10H2;3H2,1-2H3;1-2H3. The first-order valence-corrected chi connectivity index (χ1v) is 8.02. The summed E-state index contributed by atoms with van der Waals surface area (Å²) in [5.74, 6) is 0. The summed E-state index contributed by atoms with van der Waals surface area (Å²) < 4.78 is 0. The van der Waals surface area contributed by atoms with E-state index in [1.54, 1.807) is 0 Å². The highest BCUT2D eigenvalue weighted by molar-refractivity contribution is 4.71. The molecule has 0 aromatic rings. The zero-order chi connectivity index (χ0) is 13.6. The maximum atomic E-state index is 3.39. The first kappa shape index (κ1) is 17.9. The van der Waals surface area contributed by atoms with Crippen molar-refractivity contribution in [2.45, 2.75) is 47.0 Å². The van der Waals surface area contributed by atoms with Gasteiger partial charge in [-0.1, -0.05) is 34.1 Å². The van der Waals surface area contributed by atoms with Crippen LogP contribution in [0.25, 0.3) is 0 Å². The van der Waals surface area contributed by atoms with Gasteiger partial charge in [-0.25, -0.2) is 0 Å². The number of piperazine rings is 1. The van der Waals surface area contributed by atoms with E-state index in [2.05, 4.69) is 29.0 Å². The Morgan fingerprint density at radius 3 is 1.61 bits per heavy atom. The van der Waals surface area contributed by atoms with Crippen LogP contribution < -0.4 is 5.32 Å². The van der Waals surface area contributed by atoms with Crippen molar-refractivity contribution >= 4 is 0 Å². The van der Waals surface area contributed by atoms with Gasteiger partial charge in [0.2, 0.25) is 0 Å². The Labute approximate surface area is 115 Å².